The van der Waals surface area contributed by atoms with Gasteiger partial charge in [-0.05, 0) is 35.7 Å². The molecule has 0 aromatic heterocycles. The van der Waals surface area contributed by atoms with Crippen molar-refractivity contribution in [3.8, 4) is 0 Å². The fraction of sp³-hybridized carbons (Fsp3) is 0. The molecule has 0 aliphatic heterocycles. The van der Waals surface area contributed by atoms with Gasteiger partial charge in [-0.1, -0.05) is 0 Å². The fourth-order valence-corrected chi connectivity index (χ4v) is 5.84. The number of fused-ring (bicyclic) bond motifs is 1. The summed E-state index contributed by atoms with van der Waals surface area (Å²) in [7, 11) is -20.9. The first-order chi connectivity index (χ1) is 17.1. The molecule has 3 aromatic carbocycles. The SMILES string of the molecule is O=C(Nc1cc(S(=O)(=O)O)cc2cc(S(=O)(=O)O)cc(S(=O)(=O)O)c12)c1cc([N+](=O)[O-])ccc1S(=O)(=O)O.[Na].[Na].[Na].[Na]. The first-order valence-electron chi connectivity index (χ1n) is 9.22. The molecule has 0 aliphatic rings. The Hall–Kier alpha value is 0.430. The number of carbonyl (C=O) groups excluding carboxylic acids is 1. The minimum absolute atomic E-state index is 0. The third kappa shape index (κ3) is 10.5. The van der Waals surface area contributed by atoms with E-state index in [0.717, 1.165) is 0 Å². The maximum Gasteiger partial charge on any atom is 0.295 e. The van der Waals surface area contributed by atoms with E-state index < -0.39 is 98.6 Å². The third-order valence-corrected chi connectivity index (χ3v) is 8.23. The summed E-state index contributed by atoms with van der Waals surface area (Å²) in [5.74, 6) is -1.60. The van der Waals surface area contributed by atoms with Crippen LogP contribution in [0.25, 0.3) is 10.8 Å². The molecule has 17 nitrogen and oxygen atoms in total. The third-order valence-electron chi connectivity index (χ3n) is 4.78. The predicted octanol–water partition coefficient (Wildman–Crippen LogP) is -0.536. The summed E-state index contributed by atoms with van der Waals surface area (Å²) in [5, 5.41) is 11.5. The molecule has 42 heavy (non-hydrogen) atoms. The number of hydrogen-bond donors (Lipinski definition) is 5. The molecule has 5 N–H and O–H groups in total. The zero-order valence-electron chi connectivity index (χ0n) is 21.9. The second-order valence-corrected chi connectivity index (χ2v) is 12.9. The number of rotatable bonds is 7. The molecule has 1 amide bonds. The van der Waals surface area contributed by atoms with Crippen LogP contribution in [-0.2, 0) is 40.5 Å². The number of nitro benzene ring substituents is 1. The number of anilines is 1. The molecule has 25 heteroatoms. The molecule has 0 saturated carbocycles. The van der Waals surface area contributed by atoms with Gasteiger partial charge in [0.15, 0.2) is 0 Å². The molecular weight excluding hydrogens is 692 g/mol. The smallest absolute Gasteiger partial charge is 0.295 e. The van der Waals surface area contributed by atoms with Gasteiger partial charge < -0.3 is 5.32 Å². The Kier molecular flexibility index (Phi) is 16.8. The van der Waals surface area contributed by atoms with Gasteiger partial charge in [-0.3, -0.25) is 33.1 Å². The molecule has 3 aromatic rings. The van der Waals surface area contributed by atoms with Gasteiger partial charge >= 0.3 is 0 Å². The molecule has 208 valence electrons. The topological polar surface area (TPSA) is 290 Å². The molecule has 0 saturated heterocycles. The second kappa shape index (κ2) is 15.8. The molecule has 0 fully saturated rings. The largest absolute Gasteiger partial charge is 0.321 e. The molecule has 0 unspecified atom stereocenters. The van der Waals surface area contributed by atoms with E-state index in [1.807, 2.05) is 5.32 Å². The van der Waals surface area contributed by atoms with E-state index in [1.54, 1.807) is 0 Å². The van der Waals surface area contributed by atoms with Crippen molar-refractivity contribution in [2.24, 2.45) is 0 Å². The normalized spacial score (nSPS) is 11.6. The summed E-state index contributed by atoms with van der Waals surface area (Å²) < 4.78 is 132. The number of hydrogen-bond acceptors (Lipinski definition) is 11. The summed E-state index contributed by atoms with van der Waals surface area (Å²) in [6.45, 7) is 0. The van der Waals surface area contributed by atoms with Crippen LogP contribution in [0.2, 0.25) is 0 Å². The first-order valence-corrected chi connectivity index (χ1v) is 15.0. The van der Waals surface area contributed by atoms with E-state index in [2.05, 4.69) is 0 Å². The van der Waals surface area contributed by atoms with Gasteiger partial charge in [0, 0.05) is 136 Å². The van der Waals surface area contributed by atoms with Gasteiger partial charge in [0.1, 0.15) is 9.79 Å². The molecule has 0 spiro atoms. The van der Waals surface area contributed by atoms with E-state index in [9.17, 15) is 66.8 Å². The molecule has 4 radical (unpaired) electrons. The van der Waals surface area contributed by atoms with Crippen molar-refractivity contribution in [1.82, 2.24) is 0 Å². The number of carbonyl (C=O) groups is 1. The van der Waals surface area contributed by atoms with Gasteiger partial charge in [-0.25, -0.2) is 0 Å². The molecule has 0 bridgehead atoms. The van der Waals surface area contributed by atoms with E-state index in [-0.39, 0.29) is 124 Å². The van der Waals surface area contributed by atoms with Crippen molar-refractivity contribution in [2.75, 3.05) is 5.32 Å². The number of nitrogens with one attached hydrogen (secondary N) is 1. The summed E-state index contributed by atoms with van der Waals surface area (Å²) >= 11 is 0. The zero-order chi connectivity index (χ0) is 29.0. The van der Waals surface area contributed by atoms with Gasteiger partial charge in [0.05, 0.1) is 26.0 Å². The minimum Gasteiger partial charge on any atom is -0.321 e. The number of nitro groups is 1. The van der Waals surface area contributed by atoms with Gasteiger partial charge in [0.25, 0.3) is 52.1 Å². The summed E-state index contributed by atoms with van der Waals surface area (Å²) in [4.78, 5) is 18.4. The molecule has 3 rings (SSSR count). The van der Waals surface area contributed by atoms with Gasteiger partial charge in [-0.2, -0.15) is 33.7 Å². The van der Waals surface area contributed by atoms with Crippen LogP contribution in [0.3, 0.4) is 0 Å². The Labute approximate surface area is 326 Å². The Morgan fingerprint density at radius 2 is 1.12 bits per heavy atom. The second-order valence-electron chi connectivity index (χ2n) is 7.28. The standard InChI is InChI=1S/C17H12N2O15S4.4Na/c20-17(12-5-9(19(21)22)1-2-14(12)37(29,30)31)18-13-6-10(35(23,24)25)3-8-4-11(36(26,27)28)7-15(16(8)13)38(32,33)34;;;;/h1-7H,(H,18,20)(H,23,24,25)(H,26,27,28)(H,29,30,31)(H,32,33,34);;;;. The van der Waals surface area contributed by atoms with E-state index in [1.165, 1.54) is 0 Å². The average molecular weight is 705 g/mol. The number of nitrogens with zero attached hydrogens (tertiary/aromatic N) is 1. The van der Waals surface area contributed by atoms with Gasteiger partial charge in [0.2, 0.25) is 0 Å². The predicted molar refractivity (Wildman–Crippen MR) is 147 cm³/mol. The van der Waals surface area contributed by atoms with Crippen molar-refractivity contribution in [3.63, 3.8) is 0 Å². The van der Waals surface area contributed by atoms with Crippen molar-refractivity contribution in [1.29, 1.82) is 0 Å². The van der Waals surface area contributed by atoms with Gasteiger partial charge in [-0.15, -0.1) is 0 Å². The summed E-state index contributed by atoms with van der Waals surface area (Å²) in [6.07, 6.45) is 0. The molecule has 0 aliphatic carbocycles. The average Bonchev–Trinajstić information content (AvgIpc) is 2.75. The fourth-order valence-electron chi connectivity index (χ4n) is 3.25. The Balaban J connectivity index is 0. The van der Waals surface area contributed by atoms with Crippen molar-refractivity contribution < 1.29 is 61.6 Å². The van der Waals surface area contributed by atoms with E-state index in [0.29, 0.717) is 36.4 Å². The number of benzene rings is 3. The summed E-state index contributed by atoms with van der Waals surface area (Å²) in [5.41, 5.74) is -2.81. The van der Waals surface area contributed by atoms with Crippen molar-refractivity contribution in [2.45, 2.75) is 19.6 Å². The maximum atomic E-state index is 13.0. The Morgan fingerprint density at radius 3 is 1.52 bits per heavy atom. The van der Waals surface area contributed by atoms with Crippen LogP contribution in [0.5, 0.6) is 0 Å². The van der Waals surface area contributed by atoms with Crippen LogP contribution in [0.1, 0.15) is 10.4 Å². The Morgan fingerprint density at radius 1 is 0.667 bits per heavy atom. The van der Waals surface area contributed by atoms with Crippen LogP contribution in [0.4, 0.5) is 11.4 Å². The van der Waals surface area contributed by atoms with Crippen LogP contribution in [0, 0.1) is 10.1 Å². The first kappa shape index (κ1) is 44.6. The Bertz CT molecular complexity index is 2000. The van der Waals surface area contributed by atoms with Crippen LogP contribution in [0.15, 0.2) is 62.0 Å². The quantitative estimate of drug-likeness (QED) is 0.0894. The minimum atomic E-state index is -5.40. The van der Waals surface area contributed by atoms with E-state index >= 15 is 0 Å². The monoisotopic (exact) mass is 704 g/mol. The zero-order valence-corrected chi connectivity index (χ0v) is 33.2. The van der Waals surface area contributed by atoms with Crippen molar-refractivity contribution >= 4 is 187 Å². The summed E-state index contributed by atoms with van der Waals surface area (Å²) in [6, 6.07) is 3.24. The number of amides is 1. The maximum absolute atomic E-state index is 13.0. The van der Waals surface area contributed by atoms with Crippen LogP contribution < -0.4 is 5.32 Å². The molecular formula is C17H12N2Na4O15S4. The number of non-ortho nitro benzene ring substituents is 1. The molecule has 0 heterocycles. The van der Waals surface area contributed by atoms with Crippen molar-refractivity contribution in [3.05, 3.63) is 58.1 Å². The van der Waals surface area contributed by atoms with Crippen LogP contribution >= 0.6 is 0 Å². The molecule has 0 atom stereocenters. The van der Waals surface area contributed by atoms with Crippen LogP contribution in [-0.4, -0.2) is 181 Å². The van der Waals surface area contributed by atoms with E-state index in [4.69, 9.17) is 0 Å².